The van der Waals surface area contributed by atoms with Crippen molar-refractivity contribution in [3.8, 4) is 5.75 Å². The Morgan fingerprint density at radius 2 is 1.51 bits per heavy atom. The quantitative estimate of drug-likeness (QED) is 0.137. The number of hydrogen-bond acceptors (Lipinski definition) is 4. The van der Waals surface area contributed by atoms with Crippen LogP contribution in [0.25, 0.3) is 0 Å². The summed E-state index contributed by atoms with van der Waals surface area (Å²) in [5, 5.41) is 0. The Hall–Kier alpha value is -2.69. The molecule has 37 heavy (non-hydrogen) atoms. The van der Waals surface area contributed by atoms with Gasteiger partial charge in [-0.3, -0.25) is 4.79 Å². The number of ether oxygens (including phenoxy) is 2. The van der Waals surface area contributed by atoms with Gasteiger partial charge in [-0.05, 0) is 67.7 Å². The van der Waals surface area contributed by atoms with Crippen molar-refractivity contribution in [1.29, 1.82) is 0 Å². The standard InChI is InChI=1S/C32H43FO4/c1-3-5-6-7-8-9-21-36-31-20-19-28(22-29(31)33)32(35)37-23-30(34)27-17-15-26(16-18-27)25-13-11-24(10-4-2)12-14-25/h15-20,22,24-25H,3-14,21,23H2,1-2H3. The van der Waals surface area contributed by atoms with E-state index in [1.165, 1.54) is 75.5 Å². The Bertz CT molecular complexity index is 977. The van der Waals surface area contributed by atoms with Gasteiger partial charge in [0.2, 0.25) is 0 Å². The molecule has 0 amide bonds. The van der Waals surface area contributed by atoms with Gasteiger partial charge in [0.15, 0.2) is 24.0 Å². The largest absolute Gasteiger partial charge is 0.491 e. The molecule has 2 aromatic carbocycles. The summed E-state index contributed by atoms with van der Waals surface area (Å²) in [6.07, 6.45) is 14.3. The monoisotopic (exact) mass is 510 g/mol. The molecule has 1 saturated carbocycles. The Labute approximate surface area is 221 Å². The zero-order valence-electron chi connectivity index (χ0n) is 22.6. The maximum Gasteiger partial charge on any atom is 0.338 e. The fourth-order valence-electron chi connectivity index (χ4n) is 5.24. The molecular weight excluding hydrogens is 467 g/mol. The predicted octanol–water partition coefficient (Wildman–Crippen LogP) is 8.68. The van der Waals surface area contributed by atoms with E-state index in [2.05, 4.69) is 13.8 Å². The van der Waals surface area contributed by atoms with E-state index in [0.29, 0.717) is 18.1 Å². The van der Waals surface area contributed by atoms with Crippen LogP contribution in [-0.4, -0.2) is 25.0 Å². The number of carbonyl (C=O) groups excluding carboxylic acids is 2. The third-order valence-electron chi connectivity index (χ3n) is 7.51. The van der Waals surface area contributed by atoms with Gasteiger partial charge < -0.3 is 9.47 Å². The number of benzene rings is 2. The first-order valence-corrected chi connectivity index (χ1v) is 14.2. The molecule has 2 aromatic rings. The number of rotatable bonds is 15. The Morgan fingerprint density at radius 3 is 2.19 bits per heavy atom. The third kappa shape index (κ3) is 9.28. The SMILES string of the molecule is CCCCCCCCOc1ccc(C(=O)OCC(=O)c2ccc(C3CCC(CCC)CC3)cc2)cc1F. The molecule has 0 aliphatic heterocycles. The van der Waals surface area contributed by atoms with E-state index in [4.69, 9.17) is 9.47 Å². The maximum absolute atomic E-state index is 14.4. The van der Waals surface area contributed by atoms with E-state index in [0.717, 1.165) is 31.2 Å². The van der Waals surface area contributed by atoms with Gasteiger partial charge in [0.1, 0.15) is 0 Å². The third-order valence-corrected chi connectivity index (χ3v) is 7.51. The summed E-state index contributed by atoms with van der Waals surface area (Å²) in [7, 11) is 0. The summed E-state index contributed by atoms with van der Waals surface area (Å²) in [6, 6.07) is 11.7. The number of Topliss-reactive ketones (excluding diaryl/α,β-unsaturated/α-hetero) is 1. The van der Waals surface area contributed by atoms with Crippen molar-refractivity contribution in [2.45, 2.75) is 96.8 Å². The van der Waals surface area contributed by atoms with Crippen molar-refractivity contribution in [3.05, 3.63) is 65.0 Å². The van der Waals surface area contributed by atoms with Gasteiger partial charge in [-0.2, -0.15) is 0 Å². The van der Waals surface area contributed by atoms with Gasteiger partial charge in [-0.15, -0.1) is 0 Å². The summed E-state index contributed by atoms with van der Waals surface area (Å²) < 4.78 is 25.1. The van der Waals surface area contributed by atoms with Crippen molar-refractivity contribution in [1.82, 2.24) is 0 Å². The molecule has 0 saturated heterocycles. The van der Waals surface area contributed by atoms with E-state index in [-0.39, 0.29) is 23.7 Å². The van der Waals surface area contributed by atoms with Crippen LogP contribution in [0.2, 0.25) is 0 Å². The van der Waals surface area contributed by atoms with Crippen molar-refractivity contribution in [2.24, 2.45) is 5.92 Å². The molecular formula is C32H43FO4. The van der Waals surface area contributed by atoms with Crippen LogP contribution in [0.1, 0.15) is 123 Å². The van der Waals surface area contributed by atoms with Gasteiger partial charge >= 0.3 is 5.97 Å². The van der Waals surface area contributed by atoms with Crippen molar-refractivity contribution < 1.29 is 23.5 Å². The minimum atomic E-state index is -0.727. The lowest BCUT2D eigenvalue weighted by Gasteiger charge is -2.28. The van der Waals surface area contributed by atoms with Gasteiger partial charge in [-0.1, -0.05) is 83.1 Å². The second-order valence-corrected chi connectivity index (χ2v) is 10.4. The average Bonchev–Trinajstić information content (AvgIpc) is 2.92. The van der Waals surface area contributed by atoms with E-state index in [1.807, 2.05) is 24.3 Å². The molecule has 5 heteroatoms. The first-order valence-electron chi connectivity index (χ1n) is 14.2. The first kappa shape index (κ1) is 28.9. The maximum atomic E-state index is 14.4. The van der Waals surface area contributed by atoms with E-state index in [1.54, 1.807) is 0 Å². The van der Waals surface area contributed by atoms with Crippen LogP contribution in [0, 0.1) is 11.7 Å². The Balaban J connectivity index is 1.42. The zero-order valence-corrected chi connectivity index (χ0v) is 22.6. The number of carbonyl (C=O) groups is 2. The molecule has 1 aliphatic carbocycles. The molecule has 0 N–H and O–H groups in total. The lowest BCUT2D eigenvalue weighted by atomic mass is 9.77. The molecule has 202 valence electrons. The second-order valence-electron chi connectivity index (χ2n) is 10.4. The second kappa shape index (κ2) is 15.5. The van der Waals surface area contributed by atoms with E-state index >= 15 is 0 Å². The molecule has 0 atom stereocenters. The summed E-state index contributed by atoms with van der Waals surface area (Å²) in [5.41, 5.74) is 1.85. The molecule has 0 spiro atoms. The highest BCUT2D eigenvalue weighted by atomic mass is 19.1. The Morgan fingerprint density at radius 1 is 0.838 bits per heavy atom. The lowest BCUT2D eigenvalue weighted by molar-refractivity contribution is 0.0474. The summed E-state index contributed by atoms with van der Waals surface area (Å²) in [5.74, 6) is -0.0610. The molecule has 4 nitrogen and oxygen atoms in total. The number of ketones is 1. The first-order chi connectivity index (χ1) is 18.0. The van der Waals surface area contributed by atoms with Crippen LogP contribution >= 0.6 is 0 Å². The van der Waals surface area contributed by atoms with Crippen molar-refractivity contribution >= 4 is 11.8 Å². The van der Waals surface area contributed by atoms with Crippen LogP contribution in [-0.2, 0) is 4.74 Å². The lowest BCUT2D eigenvalue weighted by Crippen LogP contribution is -2.15. The molecule has 0 heterocycles. The molecule has 1 fully saturated rings. The highest BCUT2D eigenvalue weighted by molar-refractivity contribution is 5.99. The van der Waals surface area contributed by atoms with Crippen LogP contribution in [0.3, 0.4) is 0 Å². The summed E-state index contributed by atoms with van der Waals surface area (Å²) in [4.78, 5) is 24.9. The molecule has 0 aromatic heterocycles. The number of hydrogen-bond donors (Lipinski definition) is 0. The van der Waals surface area contributed by atoms with Crippen LogP contribution in [0.15, 0.2) is 42.5 Å². The number of esters is 1. The highest BCUT2D eigenvalue weighted by Gasteiger charge is 2.22. The highest BCUT2D eigenvalue weighted by Crippen LogP contribution is 2.37. The van der Waals surface area contributed by atoms with Gasteiger partial charge in [0, 0.05) is 5.56 Å². The zero-order chi connectivity index (χ0) is 26.5. The van der Waals surface area contributed by atoms with Crippen LogP contribution in [0.5, 0.6) is 5.75 Å². The Kier molecular flexibility index (Phi) is 12.1. The number of halogens is 1. The normalized spacial score (nSPS) is 17.4. The van der Waals surface area contributed by atoms with Crippen LogP contribution < -0.4 is 4.74 Å². The number of unbranched alkanes of at least 4 members (excludes halogenated alkanes) is 5. The molecule has 0 unspecified atom stereocenters. The smallest absolute Gasteiger partial charge is 0.338 e. The van der Waals surface area contributed by atoms with E-state index in [9.17, 15) is 14.0 Å². The minimum Gasteiger partial charge on any atom is -0.491 e. The fraction of sp³-hybridized carbons (Fsp3) is 0.562. The van der Waals surface area contributed by atoms with Gasteiger partial charge in [-0.25, -0.2) is 9.18 Å². The fourth-order valence-corrected chi connectivity index (χ4v) is 5.24. The molecule has 3 rings (SSSR count). The molecule has 1 aliphatic rings. The van der Waals surface area contributed by atoms with Crippen molar-refractivity contribution in [3.63, 3.8) is 0 Å². The predicted molar refractivity (Wildman–Crippen MR) is 146 cm³/mol. The van der Waals surface area contributed by atoms with Crippen LogP contribution in [0.4, 0.5) is 4.39 Å². The van der Waals surface area contributed by atoms with Gasteiger partial charge in [0.25, 0.3) is 0 Å². The molecule has 0 radical (unpaired) electrons. The molecule has 0 bridgehead atoms. The summed E-state index contributed by atoms with van der Waals surface area (Å²) >= 11 is 0. The average molecular weight is 511 g/mol. The minimum absolute atomic E-state index is 0.0613. The van der Waals surface area contributed by atoms with E-state index < -0.39 is 11.8 Å². The topological polar surface area (TPSA) is 52.6 Å². The van der Waals surface area contributed by atoms with Gasteiger partial charge in [0.05, 0.1) is 12.2 Å². The van der Waals surface area contributed by atoms with Crippen molar-refractivity contribution in [2.75, 3.05) is 13.2 Å². The summed E-state index contributed by atoms with van der Waals surface area (Å²) in [6.45, 7) is 4.50.